The van der Waals surface area contributed by atoms with Gasteiger partial charge in [-0.1, -0.05) is 49.3 Å². The second-order valence-corrected chi connectivity index (χ2v) is 8.06. The third-order valence-electron chi connectivity index (χ3n) is 5.29. The van der Waals surface area contributed by atoms with Crippen LogP contribution in [0.5, 0.6) is 17.2 Å². The van der Waals surface area contributed by atoms with Crippen LogP contribution in [-0.2, 0) is 14.3 Å². The number of esters is 1. The first kappa shape index (κ1) is 24.5. The summed E-state index contributed by atoms with van der Waals surface area (Å²) in [5, 5.41) is 0. The van der Waals surface area contributed by atoms with Crippen molar-refractivity contribution in [3.8, 4) is 17.2 Å². The van der Waals surface area contributed by atoms with Crippen molar-refractivity contribution in [2.75, 3.05) is 20.3 Å². The number of carbonyl (C=O) groups excluding carboxylic acids is 1. The molecular weight excluding hydrogens is 423 g/mol. The van der Waals surface area contributed by atoms with E-state index in [0.717, 1.165) is 24.3 Å². The minimum atomic E-state index is -1.93. The highest BCUT2D eigenvalue weighted by Gasteiger charge is 2.32. The normalized spacial score (nSPS) is 18.3. The minimum absolute atomic E-state index is 0.0151. The van der Waals surface area contributed by atoms with Crippen LogP contribution in [0.1, 0.15) is 32.6 Å². The quantitative estimate of drug-likeness (QED) is 0.347. The molecule has 0 heterocycles. The molecule has 0 spiro atoms. The molecule has 1 aliphatic rings. The minimum Gasteiger partial charge on any atom is -0.493 e. The number of para-hydroxylation sites is 1. The molecule has 0 N–H and O–H groups in total. The Hall–Kier alpha value is -3.12. The summed E-state index contributed by atoms with van der Waals surface area (Å²) in [5.74, 6) is -0.0791. The molecule has 2 atom stereocenters. The number of halogens is 1. The maximum Gasteiger partial charge on any atom is 0.309 e. The Bertz CT molecular complexity index is 939. The molecule has 2 unspecified atom stereocenters. The molecule has 0 radical (unpaired) electrons. The maximum atomic E-state index is 15.2. The Kier molecular flexibility index (Phi) is 9.07. The number of allylic oxidation sites excluding steroid dienone is 2. The van der Waals surface area contributed by atoms with Crippen molar-refractivity contribution in [3.05, 3.63) is 78.4 Å². The van der Waals surface area contributed by atoms with E-state index < -0.39 is 11.8 Å². The topological polar surface area (TPSA) is 54.0 Å². The summed E-state index contributed by atoms with van der Waals surface area (Å²) in [6.07, 6.45) is 6.57. The number of hydrogen-bond donors (Lipinski definition) is 0. The Morgan fingerprint density at radius 2 is 1.73 bits per heavy atom. The fourth-order valence-electron chi connectivity index (χ4n) is 3.56. The lowest BCUT2D eigenvalue weighted by Crippen LogP contribution is -2.31. The molecule has 0 aromatic heterocycles. The van der Waals surface area contributed by atoms with Gasteiger partial charge in [0.05, 0.1) is 26.7 Å². The van der Waals surface area contributed by atoms with Gasteiger partial charge < -0.3 is 18.9 Å². The van der Waals surface area contributed by atoms with Crippen LogP contribution >= 0.6 is 0 Å². The number of ether oxygens (including phenoxy) is 4. The zero-order valence-electron chi connectivity index (χ0n) is 19.2. The lowest BCUT2D eigenvalue weighted by molar-refractivity contribution is -0.140. The van der Waals surface area contributed by atoms with Crippen LogP contribution in [-0.4, -0.2) is 32.1 Å². The molecule has 5 nitrogen and oxygen atoms in total. The highest BCUT2D eigenvalue weighted by atomic mass is 19.2. The SMILES string of the molecule is CCCC(COc1ccc(Oc2ccccc2)cc1)COC1(F)C=CC=C(CC(=O)OC)C1. The van der Waals surface area contributed by atoms with Crippen LogP contribution in [0.2, 0.25) is 0 Å². The van der Waals surface area contributed by atoms with E-state index in [0.29, 0.717) is 17.9 Å². The van der Waals surface area contributed by atoms with Gasteiger partial charge in [0.15, 0.2) is 0 Å². The molecule has 2 aromatic carbocycles. The first-order chi connectivity index (χ1) is 16.0. The van der Waals surface area contributed by atoms with Crippen molar-refractivity contribution in [2.24, 2.45) is 5.92 Å². The van der Waals surface area contributed by atoms with Crippen molar-refractivity contribution in [1.29, 1.82) is 0 Å². The highest BCUT2D eigenvalue weighted by Crippen LogP contribution is 2.31. The van der Waals surface area contributed by atoms with Crippen molar-refractivity contribution < 1.29 is 28.1 Å². The van der Waals surface area contributed by atoms with Gasteiger partial charge in [-0.3, -0.25) is 4.79 Å². The Morgan fingerprint density at radius 3 is 2.42 bits per heavy atom. The van der Waals surface area contributed by atoms with Crippen molar-refractivity contribution in [1.82, 2.24) is 0 Å². The summed E-state index contributed by atoms with van der Waals surface area (Å²) < 4.78 is 37.3. The number of hydrogen-bond acceptors (Lipinski definition) is 5. The second kappa shape index (κ2) is 12.2. The average Bonchev–Trinajstić information content (AvgIpc) is 2.82. The van der Waals surface area contributed by atoms with Gasteiger partial charge in [0, 0.05) is 12.3 Å². The fraction of sp³-hybridized carbons (Fsp3) is 0.370. The lowest BCUT2D eigenvalue weighted by Gasteiger charge is -2.28. The molecule has 33 heavy (non-hydrogen) atoms. The predicted molar refractivity (Wildman–Crippen MR) is 125 cm³/mol. The van der Waals surface area contributed by atoms with Crippen LogP contribution in [0.3, 0.4) is 0 Å². The zero-order valence-corrected chi connectivity index (χ0v) is 19.2. The van der Waals surface area contributed by atoms with Gasteiger partial charge in [0.25, 0.3) is 0 Å². The van der Waals surface area contributed by atoms with Crippen LogP contribution in [0.25, 0.3) is 0 Å². The summed E-state index contributed by atoms with van der Waals surface area (Å²) in [6, 6.07) is 17.0. The lowest BCUT2D eigenvalue weighted by atomic mass is 9.97. The Balaban J connectivity index is 1.49. The van der Waals surface area contributed by atoms with Gasteiger partial charge in [0.2, 0.25) is 5.85 Å². The average molecular weight is 455 g/mol. The van der Waals surface area contributed by atoms with Gasteiger partial charge in [-0.2, -0.15) is 0 Å². The van der Waals surface area contributed by atoms with E-state index in [4.69, 9.17) is 14.2 Å². The van der Waals surface area contributed by atoms with E-state index in [9.17, 15) is 4.79 Å². The van der Waals surface area contributed by atoms with Crippen LogP contribution in [0.15, 0.2) is 78.4 Å². The molecule has 2 aromatic rings. The molecule has 0 saturated heterocycles. The van der Waals surface area contributed by atoms with E-state index in [-0.39, 0.29) is 25.4 Å². The third-order valence-corrected chi connectivity index (χ3v) is 5.29. The van der Waals surface area contributed by atoms with Gasteiger partial charge in [-0.05, 0) is 48.9 Å². The second-order valence-electron chi connectivity index (χ2n) is 8.06. The Labute approximate surface area is 194 Å². The van der Waals surface area contributed by atoms with Crippen LogP contribution < -0.4 is 9.47 Å². The molecule has 1 aliphatic carbocycles. The smallest absolute Gasteiger partial charge is 0.309 e. The third kappa shape index (κ3) is 8.06. The Morgan fingerprint density at radius 1 is 1.03 bits per heavy atom. The van der Waals surface area contributed by atoms with Crippen LogP contribution in [0.4, 0.5) is 4.39 Å². The molecular formula is C27H31FO5. The number of benzene rings is 2. The zero-order chi connectivity index (χ0) is 23.5. The molecule has 0 fully saturated rings. The van der Waals surface area contributed by atoms with E-state index in [2.05, 4.69) is 11.7 Å². The monoisotopic (exact) mass is 454 g/mol. The van der Waals surface area contributed by atoms with E-state index in [1.807, 2.05) is 54.6 Å². The highest BCUT2D eigenvalue weighted by molar-refractivity contribution is 5.72. The molecule has 3 rings (SSSR count). The van der Waals surface area contributed by atoms with E-state index in [1.165, 1.54) is 13.2 Å². The standard InChI is InChI=1S/C27H31FO5/c1-3-8-22(20-32-27(28)16-7-9-21(18-27)17-26(29)30-2)19-31-23-12-14-25(15-13-23)33-24-10-5-4-6-11-24/h4-7,9-16,22H,3,8,17-20H2,1-2H3. The molecule has 176 valence electrons. The van der Waals surface area contributed by atoms with Gasteiger partial charge >= 0.3 is 5.97 Å². The number of carbonyl (C=O) groups is 1. The molecule has 0 saturated carbocycles. The van der Waals surface area contributed by atoms with E-state index >= 15 is 4.39 Å². The van der Waals surface area contributed by atoms with E-state index in [1.54, 1.807) is 12.2 Å². The summed E-state index contributed by atoms with van der Waals surface area (Å²) >= 11 is 0. The summed E-state index contributed by atoms with van der Waals surface area (Å²) in [7, 11) is 1.32. The number of methoxy groups -OCH3 is 1. The van der Waals surface area contributed by atoms with Gasteiger partial charge in [0.1, 0.15) is 17.2 Å². The first-order valence-electron chi connectivity index (χ1n) is 11.2. The summed E-state index contributed by atoms with van der Waals surface area (Å²) in [4.78, 5) is 11.5. The molecule has 0 aliphatic heterocycles. The summed E-state index contributed by atoms with van der Waals surface area (Å²) in [6.45, 7) is 2.71. The van der Waals surface area contributed by atoms with Crippen LogP contribution in [0, 0.1) is 5.92 Å². The molecule has 0 bridgehead atoms. The van der Waals surface area contributed by atoms with Crippen molar-refractivity contribution >= 4 is 5.97 Å². The molecule has 6 heteroatoms. The maximum absolute atomic E-state index is 15.2. The largest absolute Gasteiger partial charge is 0.493 e. The van der Waals surface area contributed by atoms with Crippen molar-refractivity contribution in [3.63, 3.8) is 0 Å². The van der Waals surface area contributed by atoms with Gasteiger partial charge in [-0.25, -0.2) is 4.39 Å². The predicted octanol–water partition coefficient (Wildman–Crippen LogP) is 6.41. The van der Waals surface area contributed by atoms with Crippen molar-refractivity contribution in [2.45, 2.75) is 38.5 Å². The fourth-order valence-corrected chi connectivity index (χ4v) is 3.56. The number of rotatable bonds is 12. The molecule has 0 amide bonds. The first-order valence-corrected chi connectivity index (χ1v) is 11.2. The number of alkyl halides is 1. The van der Waals surface area contributed by atoms with Gasteiger partial charge in [-0.15, -0.1) is 0 Å². The summed E-state index contributed by atoms with van der Waals surface area (Å²) in [5.41, 5.74) is 0.646.